The molecule has 1 fully saturated rings. The molecule has 318 valence electrons. The monoisotopic (exact) mass is 853 g/mol. The van der Waals surface area contributed by atoms with Crippen LogP contribution in [0.2, 0.25) is 0 Å². The average Bonchev–Trinajstić information content (AvgIpc) is 3.71. The molecule has 5 rings (SSSR count). The summed E-state index contributed by atoms with van der Waals surface area (Å²) in [5.74, 6) is -1.26. The minimum Gasteiger partial charge on any atom is -0.352 e. The first-order valence-electron chi connectivity index (χ1n) is 19.7. The molecule has 1 saturated heterocycles. The van der Waals surface area contributed by atoms with Crippen molar-refractivity contribution in [1.29, 1.82) is 0 Å². The van der Waals surface area contributed by atoms with Crippen LogP contribution < -0.4 is 10.2 Å². The zero-order valence-corrected chi connectivity index (χ0v) is 35.7. The number of hydrogen-bond acceptors (Lipinski definition) is 12. The normalized spacial score (nSPS) is 17.8. The Hall–Kier alpha value is -4.65. The molecule has 15 nitrogen and oxygen atoms in total. The smallest absolute Gasteiger partial charge is 0.333 e. The van der Waals surface area contributed by atoms with Crippen LogP contribution >= 0.6 is 12.0 Å². The number of nitrogens with zero attached hydrogens (tertiary/aromatic N) is 3. The molecule has 0 aromatic heterocycles. The van der Waals surface area contributed by atoms with E-state index >= 15 is 0 Å². The van der Waals surface area contributed by atoms with E-state index in [0.29, 0.717) is 55.3 Å². The lowest BCUT2D eigenvalue weighted by Crippen LogP contribution is -2.32. The predicted molar refractivity (Wildman–Crippen MR) is 222 cm³/mol. The van der Waals surface area contributed by atoms with Gasteiger partial charge >= 0.3 is 5.97 Å². The van der Waals surface area contributed by atoms with Gasteiger partial charge in [-0.15, -0.1) is 9.40 Å². The molecule has 2 aromatic carbocycles. The Bertz CT molecular complexity index is 2160. The number of amides is 3. The molecule has 0 radical (unpaired) electrons. The van der Waals surface area contributed by atoms with E-state index in [-0.39, 0.29) is 30.1 Å². The number of allylic oxidation sites excluding steroid dienone is 6. The maximum atomic E-state index is 13.3. The molecular formula is C42H53N4O11S2+. The number of unbranched alkanes of at least 4 members (excludes halogenated alkanes) is 3. The van der Waals surface area contributed by atoms with Crippen molar-refractivity contribution in [1.82, 2.24) is 10.4 Å². The van der Waals surface area contributed by atoms with Gasteiger partial charge < -0.3 is 15.1 Å². The Morgan fingerprint density at radius 2 is 1.68 bits per heavy atom. The summed E-state index contributed by atoms with van der Waals surface area (Å²) in [7, 11) is -4.35. The number of carbonyl (C=O) groups is 4. The number of fused-ring (bicyclic) bond motifs is 2. The first kappa shape index (κ1) is 45.4. The fourth-order valence-electron chi connectivity index (χ4n) is 7.74. The number of hydrogen-bond donors (Lipinski definition) is 3. The molecule has 0 atom stereocenters. The molecular weight excluding hydrogens is 801 g/mol. The second-order valence-corrected chi connectivity index (χ2v) is 17.7. The van der Waals surface area contributed by atoms with Gasteiger partial charge in [-0.25, -0.2) is 10.1 Å². The molecule has 0 spiro atoms. The van der Waals surface area contributed by atoms with E-state index in [4.69, 9.17) is 10.1 Å². The zero-order chi connectivity index (χ0) is 43.0. The molecule has 3 heterocycles. The molecule has 3 N–H and O–H groups in total. The van der Waals surface area contributed by atoms with Gasteiger partial charge in [0.15, 0.2) is 5.71 Å². The van der Waals surface area contributed by atoms with Gasteiger partial charge in [0, 0.05) is 96.6 Å². The summed E-state index contributed by atoms with van der Waals surface area (Å²) in [5, 5.41) is 15.7. The molecule has 59 heavy (non-hydrogen) atoms. The van der Waals surface area contributed by atoms with Crippen molar-refractivity contribution in [3.05, 3.63) is 89.2 Å². The van der Waals surface area contributed by atoms with Crippen molar-refractivity contribution in [2.24, 2.45) is 0 Å². The van der Waals surface area contributed by atoms with E-state index in [1.807, 2.05) is 63.3 Å². The fraction of sp³-hybridized carbons (Fsp3) is 0.452. The van der Waals surface area contributed by atoms with E-state index < -0.39 is 38.7 Å². The van der Waals surface area contributed by atoms with Crippen LogP contribution in [0.1, 0.15) is 107 Å². The first-order valence-corrected chi connectivity index (χ1v) is 22.1. The summed E-state index contributed by atoms with van der Waals surface area (Å²) >= 11 is 1.02. The minimum absolute atomic E-state index is 0.0433. The summed E-state index contributed by atoms with van der Waals surface area (Å²) in [6.45, 7) is 12.1. The Kier molecular flexibility index (Phi) is 15.1. The number of imide groups is 1. The average molecular weight is 854 g/mol. The first-order chi connectivity index (χ1) is 28.0. The van der Waals surface area contributed by atoms with Gasteiger partial charge in [0.05, 0.1) is 10.3 Å². The third-order valence-corrected chi connectivity index (χ3v) is 12.3. The second-order valence-electron chi connectivity index (χ2n) is 15.5. The number of nitrogens with one attached hydrogen (secondary N) is 1. The highest BCUT2D eigenvalue weighted by atomic mass is 32.2. The van der Waals surface area contributed by atoms with Crippen LogP contribution in [0, 0.1) is 0 Å². The number of carbonyl (C=O) groups excluding carboxylic acids is 4. The maximum Gasteiger partial charge on any atom is 0.333 e. The summed E-state index contributed by atoms with van der Waals surface area (Å²) in [6.07, 6.45) is 13.5. The molecule has 0 unspecified atom stereocenters. The fourth-order valence-corrected chi connectivity index (χ4v) is 8.68. The minimum atomic E-state index is -4.35. The molecule has 0 saturated carbocycles. The van der Waals surface area contributed by atoms with Crippen LogP contribution in [0.4, 0.5) is 11.4 Å². The van der Waals surface area contributed by atoms with Crippen molar-refractivity contribution in [2.45, 2.75) is 102 Å². The highest BCUT2D eigenvalue weighted by Crippen LogP contribution is 2.48. The highest BCUT2D eigenvalue weighted by Gasteiger charge is 2.45. The van der Waals surface area contributed by atoms with Crippen LogP contribution in [-0.2, 0) is 49.5 Å². The lowest BCUT2D eigenvalue weighted by Gasteiger charge is -2.25. The van der Waals surface area contributed by atoms with Crippen LogP contribution in [0.15, 0.2) is 77.4 Å². The lowest BCUT2D eigenvalue weighted by molar-refractivity contribution is -0.438. The Morgan fingerprint density at radius 3 is 2.37 bits per heavy atom. The van der Waals surface area contributed by atoms with Gasteiger partial charge in [0.25, 0.3) is 27.8 Å². The molecule has 17 heteroatoms. The zero-order valence-electron chi connectivity index (χ0n) is 34.1. The summed E-state index contributed by atoms with van der Waals surface area (Å²) in [4.78, 5) is 55.6. The molecule has 3 amide bonds. The quantitative estimate of drug-likeness (QED) is 0.0183. The van der Waals surface area contributed by atoms with Crippen LogP contribution in [0.3, 0.4) is 0 Å². The third-order valence-electron chi connectivity index (χ3n) is 10.8. The van der Waals surface area contributed by atoms with Crippen molar-refractivity contribution in [3.63, 3.8) is 0 Å². The summed E-state index contributed by atoms with van der Waals surface area (Å²) in [5.41, 5.74) is 5.29. The van der Waals surface area contributed by atoms with Gasteiger partial charge in [-0.05, 0) is 82.0 Å². The van der Waals surface area contributed by atoms with Crippen molar-refractivity contribution in [2.75, 3.05) is 30.3 Å². The number of benzene rings is 2. The topological polar surface area (TPSA) is 192 Å². The Labute approximate surface area is 349 Å². The van der Waals surface area contributed by atoms with Crippen LogP contribution in [-0.4, -0.2) is 82.7 Å². The van der Waals surface area contributed by atoms with Gasteiger partial charge in [-0.2, -0.15) is 13.0 Å². The van der Waals surface area contributed by atoms with Crippen molar-refractivity contribution >= 4 is 62.9 Å². The number of likely N-dealkylation sites (N-methyl/N-ethyl adjacent to an activating group) is 1. The number of hydroxylamine groups is 2. The third kappa shape index (κ3) is 10.6. The van der Waals surface area contributed by atoms with Gasteiger partial charge in [-0.1, -0.05) is 43.5 Å². The maximum absolute atomic E-state index is 13.3. The second kappa shape index (κ2) is 19.6. The van der Waals surface area contributed by atoms with Crippen LogP contribution in [0.25, 0.3) is 0 Å². The standard InChI is InChI=1S/C42H52N4O11S2/c1-6-44-33-21-19-30(59(52,53)54)28-32(33)42(4,5)35(44)15-9-7-10-16-36-41(2,3)31-27-29(18-20-34(31)45(36)25-13-14-26-58-57-56-51)40(50)43-24-12-8-11-17-39(49)55-46-37(47)22-23-38(46)48/h7,9-10,15-16,18-21,27-28H,6,8,11-14,17,22-26H2,1-5H3,(H2-,43,50,51,52,53,54)/p+1. The van der Waals surface area contributed by atoms with Gasteiger partial charge in [-0.3, -0.25) is 18.9 Å². The van der Waals surface area contributed by atoms with Crippen LogP contribution in [0.5, 0.6) is 0 Å². The molecule has 0 bridgehead atoms. The van der Waals surface area contributed by atoms with Gasteiger partial charge in [0.2, 0.25) is 5.69 Å². The van der Waals surface area contributed by atoms with Crippen molar-refractivity contribution < 1.29 is 56.2 Å². The predicted octanol–water partition coefficient (Wildman–Crippen LogP) is 6.87. The SMILES string of the molecule is CCN1/C(=C/C=C/C=C/C2=[N+](CCCCSOOO)c3ccc(C(=O)NCCCCCC(=O)ON4C(=O)CCC4=O)cc3C2(C)C)C(C)(C)c2cc(S(=O)(=O)O)ccc21. The van der Waals surface area contributed by atoms with Gasteiger partial charge in [0.1, 0.15) is 6.54 Å². The van der Waals surface area contributed by atoms with Crippen molar-refractivity contribution in [3.8, 4) is 0 Å². The van der Waals surface area contributed by atoms with E-state index in [2.05, 4.69) is 44.1 Å². The summed E-state index contributed by atoms with van der Waals surface area (Å²) in [6, 6.07) is 10.4. The molecule has 3 aliphatic rings. The lowest BCUT2D eigenvalue weighted by atomic mass is 9.80. The van der Waals surface area contributed by atoms with E-state index in [0.717, 1.165) is 58.8 Å². The van der Waals surface area contributed by atoms with E-state index in [1.165, 1.54) is 6.07 Å². The number of rotatable bonds is 20. The van der Waals surface area contributed by atoms with E-state index in [9.17, 15) is 32.1 Å². The Morgan fingerprint density at radius 1 is 0.932 bits per heavy atom. The number of anilines is 1. The van der Waals surface area contributed by atoms with E-state index in [1.54, 1.807) is 12.1 Å². The Balaban J connectivity index is 1.25. The largest absolute Gasteiger partial charge is 0.352 e. The summed E-state index contributed by atoms with van der Waals surface area (Å²) < 4.78 is 40.3. The highest BCUT2D eigenvalue weighted by molar-refractivity contribution is 7.94. The molecule has 0 aliphatic carbocycles. The molecule has 3 aliphatic heterocycles. The molecule has 2 aromatic rings.